The average Bonchev–Trinajstić information content (AvgIpc) is 1.80. The van der Waals surface area contributed by atoms with Gasteiger partial charge in [-0.3, -0.25) is 4.79 Å². The largest absolute Gasteiger partial charge is 0.351 e. The number of rotatable bonds is 2. The predicted molar refractivity (Wildman–Crippen MR) is 50.5 cm³/mol. The van der Waals surface area contributed by atoms with Crippen molar-refractivity contribution in [1.82, 2.24) is 5.32 Å². The second-order valence-corrected chi connectivity index (χ2v) is 4.57. The van der Waals surface area contributed by atoms with Gasteiger partial charge >= 0.3 is 0 Å². The van der Waals surface area contributed by atoms with Gasteiger partial charge < -0.3 is 5.32 Å². The summed E-state index contributed by atoms with van der Waals surface area (Å²) in [4.78, 5) is 11.2. The van der Waals surface area contributed by atoms with E-state index < -0.39 is 0 Å². The molecule has 2 nitrogen and oxygen atoms in total. The van der Waals surface area contributed by atoms with Gasteiger partial charge in [0.2, 0.25) is 5.91 Å². The zero-order valence-electron chi connectivity index (χ0n) is 7.20. The third-order valence-electron chi connectivity index (χ3n) is 1.12. The zero-order chi connectivity index (χ0) is 9.07. The Kier molecular flexibility index (Phi) is 3.79. The summed E-state index contributed by atoms with van der Waals surface area (Å²) in [5, 5.41) is 2.74. The molecule has 3 heteroatoms. The number of halogens is 1. The van der Waals surface area contributed by atoms with Crippen molar-refractivity contribution in [2.75, 3.05) is 6.54 Å². The molecule has 0 fully saturated rings. The van der Waals surface area contributed by atoms with Crippen LogP contribution < -0.4 is 5.32 Å². The highest BCUT2D eigenvalue weighted by atomic mass is 79.9. The van der Waals surface area contributed by atoms with Crippen LogP contribution in [0.2, 0.25) is 0 Å². The van der Waals surface area contributed by atoms with Crippen LogP contribution in [0.15, 0.2) is 11.1 Å². The number of amides is 1. The summed E-state index contributed by atoms with van der Waals surface area (Å²) in [5.74, 6) is 0.0399. The van der Waals surface area contributed by atoms with Crippen LogP contribution >= 0.6 is 15.9 Å². The Balaban J connectivity index is 3.80. The molecule has 0 unspecified atom stereocenters. The molecule has 0 aliphatic carbocycles. The molecule has 1 amide bonds. The summed E-state index contributed by atoms with van der Waals surface area (Å²) in [6.45, 7) is 9.73. The maximum absolute atomic E-state index is 11.2. The Hall–Kier alpha value is -0.310. The van der Waals surface area contributed by atoms with Gasteiger partial charge in [0.25, 0.3) is 0 Å². The minimum Gasteiger partial charge on any atom is -0.351 e. The molecular formula is C8H14BrNO. The lowest BCUT2D eigenvalue weighted by atomic mass is 9.96. The number of hydrogen-bond donors (Lipinski definition) is 1. The van der Waals surface area contributed by atoms with E-state index >= 15 is 0 Å². The fraction of sp³-hybridized carbons (Fsp3) is 0.625. The topological polar surface area (TPSA) is 29.1 Å². The summed E-state index contributed by atoms with van der Waals surface area (Å²) in [7, 11) is 0. The van der Waals surface area contributed by atoms with Crippen molar-refractivity contribution < 1.29 is 4.79 Å². The lowest BCUT2D eigenvalue weighted by molar-refractivity contribution is -0.128. The van der Waals surface area contributed by atoms with Crippen molar-refractivity contribution in [1.29, 1.82) is 0 Å². The highest BCUT2D eigenvalue weighted by molar-refractivity contribution is 9.11. The zero-order valence-corrected chi connectivity index (χ0v) is 8.79. The van der Waals surface area contributed by atoms with Crippen LogP contribution in [0, 0.1) is 5.41 Å². The molecule has 0 radical (unpaired) electrons. The number of nitrogens with one attached hydrogen (secondary N) is 1. The maximum Gasteiger partial charge on any atom is 0.225 e. The fourth-order valence-electron chi connectivity index (χ4n) is 0.441. The van der Waals surface area contributed by atoms with E-state index in [1.165, 1.54) is 0 Å². The smallest absolute Gasteiger partial charge is 0.225 e. The van der Waals surface area contributed by atoms with E-state index in [9.17, 15) is 4.79 Å². The van der Waals surface area contributed by atoms with Gasteiger partial charge in [0.05, 0.1) is 0 Å². The molecule has 0 aromatic rings. The fourth-order valence-corrected chi connectivity index (χ4v) is 0.582. The molecular weight excluding hydrogens is 206 g/mol. The monoisotopic (exact) mass is 219 g/mol. The molecule has 0 aliphatic rings. The van der Waals surface area contributed by atoms with Gasteiger partial charge in [0.1, 0.15) is 0 Å². The Labute approximate surface area is 76.2 Å². The Bertz CT molecular complexity index is 169. The summed E-state index contributed by atoms with van der Waals surface area (Å²) in [5.41, 5.74) is -0.317. The van der Waals surface area contributed by atoms with Crippen LogP contribution in [-0.2, 0) is 4.79 Å². The molecule has 1 N–H and O–H groups in total. The lowest BCUT2D eigenvalue weighted by Crippen LogP contribution is -2.35. The van der Waals surface area contributed by atoms with Gasteiger partial charge in [-0.1, -0.05) is 43.3 Å². The summed E-state index contributed by atoms with van der Waals surface area (Å²) < 4.78 is 0.787. The first kappa shape index (κ1) is 10.7. The number of carbonyl (C=O) groups excluding carboxylic acids is 1. The van der Waals surface area contributed by atoms with Gasteiger partial charge in [-0.25, -0.2) is 0 Å². The predicted octanol–water partition coefficient (Wildman–Crippen LogP) is 2.06. The van der Waals surface area contributed by atoms with Crippen LogP contribution in [0.1, 0.15) is 20.8 Å². The highest BCUT2D eigenvalue weighted by Crippen LogP contribution is 2.12. The van der Waals surface area contributed by atoms with Gasteiger partial charge in [-0.2, -0.15) is 0 Å². The first-order valence-electron chi connectivity index (χ1n) is 3.45. The van der Waals surface area contributed by atoms with Gasteiger partial charge in [0, 0.05) is 16.4 Å². The minimum atomic E-state index is -0.317. The Morgan fingerprint density at radius 1 is 1.55 bits per heavy atom. The van der Waals surface area contributed by atoms with E-state index in [0.717, 1.165) is 4.48 Å². The van der Waals surface area contributed by atoms with E-state index in [1.54, 1.807) is 0 Å². The quantitative estimate of drug-likeness (QED) is 0.758. The molecule has 11 heavy (non-hydrogen) atoms. The normalized spacial score (nSPS) is 10.9. The summed E-state index contributed by atoms with van der Waals surface area (Å²) in [6.07, 6.45) is 0. The molecule has 0 aliphatic heterocycles. The minimum absolute atomic E-state index is 0.0399. The molecule has 0 saturated carbocycles. The van der Waals surface area contributed by atoms with Gasteiger partial charge in [0.15, 0.2) is 0 Å². The van der Waals surface area contributed by atoms with Crippen molar-refractivity contribution >= 4 is 21.8 Å². The van der Waals surface area contributed by atoms with Crippen LogP contribution in [0.4, 0.5) is 0 Å². The first-order valence-corrected chi connectivity index (χ1v) is 4.25. The van der Waals surface area contributed by atoms with E-state index in [-0.39, 0.29) is 11.3 Å². The molecule has 0 rings (SSSR count). The van der Waals surface area contributed by atoms with Crippen molar-refractivity contribution in [2.45, 2.75) is 20.8 Å². The average molecular weight is 220 g/mol. The first-order chi connectivity index (χ1) is 4.84. The summed E-state index contributed by atoms with van der Waals surface area (Å²) in [6, 6.07) is 0. The van der Waals surface area contributed by atoms with Gasteiger partial charge in [-0.05, 0) is 0 Å². The van der Waals surface area contributed by atoms with Gasteiger partial charge in [-0.15, -0.1) is 0 Å². The van der Waals surface area contributed by atoms with E-state index in [1.807, 2.05) is 20.8 Å². The molecule has 0 bridgehead atoms. The van der Waals surface area contributed by atoms with Crippen molar-refractivity contribution in [2.24, 2.45) is 5.41 Å². The molecule has 0 aromatic heterocycles. The lowest BCUT2D eigenvalue weighted by Gasteiger charge is -2.17. The van der Waals surface area contributed by atoms with Crippen LogP contribution in [0.25, 0.3) is 0 Å². The van der Waals surface area contributed by atoms with Crippen molar-refractivity contribution in [3.63, 3.8) is 0 Å². The second kappa shape index (κ2) is 3.90. The van der Waals surface area contributed by atoms with E-state index in [0.29, 0.717) is 6.54 Å². The number of hydrogen-bond acceptors (Lipinski definition) is 1. The summed E-state index contributed by atoms with van der Waals surface area (Å²) >= 11 is 3.16. The second-order valence-electron chi connectivity index (χ2n) is 3.45. The molecule has 0 atom stereocenters. The SMILES string of the molecule is C=C(Br)CNC(=O)C(C)(C)C. The number of carbonyl (C=O) groups is 1. The molecule has 64 valence electrons. The Morgan fingerprint density at radius 3 is 2.27 bits per heavy atom. The van der Waals surface area contributed by atoms with Crippen molar-refractivity contribution in [3.8, 4) is 0 Å². The van der Waals surface area contributed by atoms with Crippen LogP contribution in [0.5, 0.6) is 0 Å². The molecule has 0 aromatic carbocycles. The Morgan fingerprint density at radius 2 is 2.00 bits per heavy atom. The molecule has 0 saturated heterocycles. The van der Waals surface area contributed by atoms with E-state index in [4.69, 9.17) is 0 Å². The molecule has 0 heterocycles. The van der Waals surface area contributed by atoms with Crippen LogP contribution in [-0.4, -0.2) is 12.5 Å². The van der Waals surface area contributed by atoms with E-state index in [2.05, 4.69) is 27.8 Å². The third-order valence-corrected chi connectivity index (χ3v) is 1.40. The van der Waals surface area contributed by atoms with Crippen LogP contribution in [0.3, 0.4) is 0 Å². The maximum atomic E-state index is 11.2. The third kappa shape index (κ3) is 5.01. The molecule has 0 spiro atoms. The highest BCUT2D eigenvalue weighted by Gasteiger charge is 2.20. The standard InChI is InChI=1S/C8H14BrNO/c1-6(9)5-10-7(11)8(2,3)4/h1,5H2,2-4H3,(H,10,11). The van der Waals surface area contributed by atoms with Crippen molar-refractivity contribution in [3.05, 3.63) is 11.1 Å².